The predicted molar refractivity (Wildman–Crippen MR) is 97.0 cm³/mol. The Labute approximate surface area is 149 Å². The van der Waals surface area contributed by atoms with Crippen molar-refractivity contribution < 1.29 is 13.2 Å². The highest BCUT2D eigenvalue weighted by Gasteiger charge is 2.39. The molecular formula is C19H26N2O3S. The fourth-order valence-corrected chi connectivity index (χ4v) is 5.50. The van der Waals surface area contributed by atoms with Gasteiger partial charge in [-0.2, -0.15) is 0 Å². The van der Waals surface area contributed by atoms with E-state index in [9.17, 15) is 13.2 Å². The molecule has 1 N–H and O–H groups in total. The van der Waals surface area contributed by atoms with Gasteiger partial charge in [0.1, 0.15) is 0 Å². The Hall–Kier alpha value is -1.40. The Kier molecular flexibility index (Phi) is 4.36. The van der Waals surface area contributed by atoms with Crippen molar-refractivity contribution in [1.82, 2.24) is 4.72 Å². The summed E-state index contributed by atoms with van der Waals surface area (Å²) in [6.07, 6.45) is 7.90. The molecule has 0 spiro atoms. The Balaban J connectivity index is 1.57. The molecule has 136 valence electrons. The predicted octanol–water partition coefficient (Wildman–Crippen LogP) is 2.99. The number of fused-ring (bicyclic) bond motifs is 1. The molecule has 1 unspecified atom stereocenters. The smallest absolute Gasteiger partial charge is 0.240 e. The first-order valence-corrected chi connectivity index (χ1v) is 10.9. The Bertz CT molecular complexity index is 780. The molecule has 3 aliphatic rings. The van der Waals surface area contributed by atoms with Gasteiger partial charge >= 0.3 is 0 Å². The monoisotopic (exact) mass is 362 g/mol. The standard InChI is InChI=1S/C19H26N2O3S/c1-13-11-15-12-17(25(23,24)20-16-5-3-2-4-6-16)9-10-18(15)21(13)19(22)14-7-8-14/h9-10,12-14,16,20H,2-8,11H2,1H3. The third kappa shape index (κ3) is 3.34. The molecule has 1 aromatic rings. The molecule has 2 saturated carbocycles. The van der Waals surface area contributed by atoms with E-state index in [1.165, 1.54) is 6.42 Å². The van der Waals surface area contributed by atoms with Crippen LogP contribution in [0.4, 0.5) is 5.69 Å². The SMILES string of the molecule is CC1Cc2cc(S(=O)(=O)NC3CCCCC3)ccc2N1C(=O)C1CC1. The van der Waals surface area contributed by atoms with E-state index in [0.717, 1.165) is 56.2 Å². The molecule has 6 heteroatoms. The van der Waals surface area contributed by atoms with E-state index < -0.39 is 10.0 Å². The number of rotatable bonds is 4. The van der Waals surface area contributed by atoms with Crippen LogP contribution in [0.3, 0.4) is 0 Å². The largest absolute Gasteiger partial charge is 0.309 e. The van der Waals surface area contributed by atoms with Crippen molar-refractivity contribution >= 4 is 21.6 Å². The number of anilines is 1. The van der Waals surface area contributed by atoms with Crippen LogP contribution < -0.4 is 9.62 Å². The molecular weight excluding hydrogens is 336 g/mol. The zero-order chi connectivity index (χ0) is 17.6. The third-order valence-electron chi connectivity index (χ3n) is 5.67. The van der Waals surface area contributed by atoms with Crippen molar-refractivity contribution in [1.29, 1.82) is 0 Å². The van der Waals surface area contributed by atoms with Gasteiger partial charge in [-0.05, 0) is 62.8 Å². The molecule has 2 fully saturated rings. The van der Waals surface area contributed by atoms with E-state index >= 15 is 0 Å². The summed E-state index contributed by atoms with van der Waals surface area (Å²) in [5, 5.41) is 0. The van der Waals surface area contributed by atoms with Crippen LogP contribution in [-0.2, 0) is 21.2 Å². The van der Waals surface area contributed by atoms with Gasteiger partial charge < -0.3 is 4.90 Å². The van der Waals surface area contributed by atoms with Gasteiger partial charge in [-0.25, -0.2) is 13.1 Å². The lowest BCUT2D eigenvalue weighted by Gasteiger charge is -2.23. The van der Waals surface area contributed by atoms with Gasteiger partial charge in [-0.1, -0.05) is 19.3 Å². The van der Waals surface area contributed by atoms with Crippen LogP contribution in [0, 0.1) is 5.92 Å². The summed E-state index contributed by atoms with van der Waals surface area (Å²) in [7, 11) is -3.49. The Morgan fingerprint density at radius 3 is 2.52 bits per heavy atom. The Morgan fingerprint density at radius 1 is 1.12 bits per heavy atom. The van der Waals surface area contributed by atoms with Crippen LogP contribution in [0.5, 0.6) is 0 Å². The van der Waals surface area contributed by atoms with Gasteiger partial charge in [0.15, 0.2) is 0 Å². The number of sulfonamides is 1. The molecule has 1 atom stereocenters. The molecule has 1 aliphatic heterocycles. The number of hydrogen-bond acceptors (Lipinski definition) is 3. The van der Waals surface area contributed by atoms with Crippen molar-refractivity contribution in [2.75, 3.05) is 4.90 Å². The van der Waals surface area contributed by atoms with Crippen LogP contribution >= 0.6 is 0 Å². The number of hydrogen-bond donors (Lipinski definition) is 1. The van der Waals surface area contributed by atoms with Crippen LogP contribution in [-0.4, -0.2) is 26.4 Å². The minimum atomic E-state index is -3.49. The molecule has 1 aromatic carbocycles. The lowest BCUT2D eigenvalue weighted by atomic mass is 9.96. The van der Waals surface area contributed by atoms with Crippen LogP contribution in [0.2, 0.25) is 0 Å². The van der Waals surface area contributed by atoms with E-state index in [-0.39, 0.29) is 23.9 Å². The summed E-state index contributed by atoms with van der Waals surface area (Å²) in [6, 6.07) is 5.38. The number of amides is 1. The first kappa shape index (κ1) is 17.0. The summed E-state index contributed by atoms with van der Waals surface area (Å²) in [5.74, 6) is 0.368. The maximum Gasteiger partial charge on any atom is 0.240 e. The number of benzene rings is 1. The van der Waals surface area contributed by atoms with Crippen LogP contribution in [0.1, 0.15) is 57.4 Å². The van der Waals surface area contributed by atoms with Gasteiger partial charge in [0, 0.05) is 23.7 Å². The van der Waals surface area contributed by atoms with E-state index in [4.69, 9.17) is 0 Å². The number of nitrogens with one attached hydrogen (secondary N) is 1. The van der Waals surface area contributed by atoms with Crippen molar-refractivity contribution in [2.24, 2.45) is 5.92 Å². The van der Waals surface area contributed by atoms with E-state index in [1.807, 2.05) is 17.9 Å². The minimum Gasteiger partial charge on any atom is -0.309 e. The average molecular weight is 362 g/mol. The van der Waals surface area contributed by atoms with Crippen molar-refractivity contribution in [2.45, 2.75) is 75.3 Å². The number of carbonyl (C=O) groups is 1. The fourth-order valence-electron chi connectivity index (χ4n) is 4.15. The molecule has 0 bridgehead atoms. The zero-order valence-electron chi connectivity index (χ0n) is 14.7. The average Bonchev–Trinajstić information content (AvgIpc) is 3.37. The first-order chi connectivity index (χ1) is 12.0. The highest BCUT2D eigenvalue weighted by Crippen LogP contribution is 2.39. The third-order valence-corrected chi connectivity index (χ3v) is 7.19. The van der Waals surface area contributed by atoms with Crippen LogP contribution in [0.15, 0.2) is 23.1 Å². The van der Waals surface area contributed by atoms with Crippen molar-refractivity contribution in [3.05, 3.63) is 23.8 Å². The molecule has 0 saturated heterocycles. The topological polar surface area (TPSA) is 66.5 Å². The molecule has 2 aliphatic carbocycles. The Morgan fingerprint density at radius 2 is 1.84 bits per heavy atom. The maximum atomic E-state index is 12.7. The van der Waals surface area contributed by atoms with Gasteiger partial charge in [0.05, 0.1) is 4.90 Å². The van der Waals surface area contributed by atoms with E-state index in [0.29, 0.717) is 4.90 Å². The van der Waals surface area contributed by atoms with Gasteiger partial charge in [0.25, 0.3) is 0 Å². The fraction of sp³-hybridized carbons (Fsp3) is 0.632. The molecule has 1 amide bonds. The molecule has 25 heavy (non-hydrogen) atoms. The van der Waals surface area contributed by atoms with Gasteiger partial charge in [0.2, 0.25) is 15.9 Å². The number of nitrogens with zero attached hydrogens (tertiary/aromatic N) is 1. The lowest BCUT2D eigenvalue weighted by molar-refractivity contribution is -0.120. The van der Waals surface area contributed by atoms with Crippen LogP contribution in [0.25, 0.3) is 0 Å². The van der Waals surface area contributed by atoms with Gasteiger partial charge in [-0.3, -0.25) is 4.79 Å². The second kappa shape index (κ2) is 6.40. The summed E-state index contributed by atoms with van der Waals surface area (Å²) in [5.41, 5.74) is 1.86. The highest BCUT2D eigenvalue weighted by molar-refractivity contribution is 7.89. The molecule has 4 rings (SSSR count). The summed E-state index contributed by atoms with van der Waals surface area (Å²) in [4.78, 5) is 14.7. The summed E-state index contributed by atoms with van der Waals surface area (Å²) in [6.45, 7) is 2.04. The molecule has 5 nitrogen and oxygen atoms in total. The molecule has 0 aromatic heterocycles. The summed E-state index contributed by atoms with van der Waals surface area (Å²) < 4.78 is 28.3. The normalized spacial score (nSPS) is 24.4. The quantitative estimate of drug-likeness (QED) is 0.895. The zero-order valence-corrected chi connectivity index (χ0v) is 15.5. The molecule has 1 heterocycles. The van der Waals surface area contributed by atoms with E-state index in [2.05, 4.69) is 4.72 Å². The van der Waals surface area contributed by atoms with Gasteiger partial charge in [-0.15, -0.1) is 0 Å². The summed E-state index contributed by atoms with van der Waals surface area (Å²) >= 11 is 0. The maximum absolute atomic E-state index is 12.7. The minimum absolute atomic E-state index is 0.0545. The second-order valence-electron chi connectivity index (χ2n) is 7.78. The van der Waals surface area contributed by atoms with Crippen molar-refractivity contribution in [3.8, 4) is 0 Å². The number of carbonyl (C=O) groups excluding carboxylic acids is 1. The first-order valence-electron chi connectivity index (χ1n) is 9.44. The lowest BCUT2D eigenvalue weighted by Crippen LogP contribution is -2.36. The highest BCUT2D eigenvalue weighted by atomic mass is 32.2. The van der Waals surface area contributed by atoms with E-state index in [1.54, 1.807) is 12.1 Å². The molecule has 0 radical (unpaired) electrons. The van der Waals surface area contributed by atoms with Crippen molar-refractivity contribution in [3.63, 3.8) is 0 Å². The second-order valence-corrected chi connectivity index (χ2v) is 9.50.